The molecular weight excluding hydrogens is 385 g/mol. The highest BCUT2D eigenvalue weighted by atomic mass is 19.1. The summed E-state index contributed by atoms with van der Waals surface area (Å²) < 4.78 is 18.7. The molecule has 1 heterocycles. The van der Waals surface area contributed by atoms with Crippen LogP contribution in [0, 0.1) is 11.7 Å². The number of rotatable bonds is 7. The van der Waals surface area contributed by atoms with E-state index in [-0.39, 0.29) is 23.3 Å². The molecule has 1 unspecified atom stereocenters. The maximum atomic E-state index is 13.1. The quantitative estimate of drug-likeness (QED) is 0.713. The van der Waals surface area contributed by atoms with Crippen LogP contribution in [0.3, 0.4) is 0 Å². The molecule has 1 aromatic rings. The molecule has 2 fully saturated rings. The second kappa shape index (κ2) is 10.4. The fourth-order valence-corrected chi connectivity index (χ4v) is 4.57. The molecule has 1 aliphatic carbocycles. The van der Waals surface area contributed by atoms with Crippen molar-refractivity contribution in [1.82, 2.24) is 15.5 Å². The fourth-order valence-electron chi connectivity index (χ4n) is 4.57. The number of carbonyl (C=O) groups is 2. The molecule has 2 aliphatic rings. The number of nitrogens with one attached hydrogen (secondary N) is 2. The van der Waals surface area contributed by atoms with Crippen molar-refractivity contribution in [1.29, 1.82) is 0 Å². The van der Waals surface area contributed by atoms with Crippen LogP contribution < -0.4 is 10.6 Å². The van der Waals surface area contributed by atoms with Gasteiger partial charge in [0.05, 0.1) is 13.2 Å². The topological polar surface area (TPSA) is 70.7 Å². The minimum atomic E-state index is -0.645. The molecule has 0 spiro atoms. The van der Waals surface area contributed by atoms with Gasteiger partial charge >= 0.3 is 0 Å². The van der Waals surface area contributed by atoms with Crippen LogP contribution in [0.5, 0.6) is 0 Å². The maximum Gasteiger partial charge on any atom is 0.251 e. The van der Waals surface area contributed by atoms with Gasteiger partial charge in [-0.2, -0.15) is 0 Å². The summed E-state index contributed by atoms with van der Waals surface area (Å²) in [6, 6.07) is 4.70. The first-order valence-electron chi connectivity index (χ1n) is 11.1. The number of ether oxygens (including phenoxy) is 1. The Morgan fingerprint density at radius 3 is 2.33 bits per heavy atom. The van der Waals surface area contributed by atoms with Crippen molar-refractivity contribution >= 4 is 11.8 Å². The lowest BCUT2D eigenvalue weighted by Crippen LogP contribution is -2.61. The van der Waals surface area contributed by atoms with Crippen LogP contribution in [-0.2, 0) is 9.53 Å². The molecule has 7 heteroatoms. The van der Waals surface area contributed by atoms with E-state index in [0.29, 0.717) is 12.1 Å². The second-order valence-corrected chi connectivity index (χ2v) is 8.80. The Bertz CT molecular complexity index is 711. The first-order chi connectivity index (χ1) is 14.4. The van der Waals surface area contributed by atoms with Gasteiger partial charge < -0.3 is 15.4 Å². The van der Waals surface area contributed by atoms with Gasteiger partial charge in [0.25, 0.3) is 5.91 Å². The van der Waals surface area contributed by atoms with Crippen LogP contribution in [0.1, 0.15) is 56.3 Å². The summed E-state index contributed by atoms with van der Waals surface area (Å²) in [7, 11) is 0. The summed E-state index contributed by atoms with van der Waals surface area (Å²) in [6.45, 7) is 7.66. The molecule has 2 amide bonds. The van der Waals surface area contributed by atoms with E-state index < -0.39 is 11.9 Å². The minimum absolute atomic E-state index is 0.0276. The summed E-state index contributed by atoms with van der Waals surface area (Å²) in [5.74, 6) is -1.01. The third-order valence-corrected chi connectivity index (χ3v) is 6.40. The van der Waals surface area contributed by atoms with Crippen LogP contribution >= 0.6 is 0 Å². The zero-order chi connectivity index (χ0) is 21.6. The van der Waals surface area contributed by atoms with E-state index in [0.717, 1.165) is 39.1 Å². The number of morpholine rings is 1. The average molecular weight is 420 g/mol. The van der Waals surface area contributed by atoms with Crippen molar-refractivity contribution in [3.63, 3.8) is 0 Å². The Labute approximate surface area is 178 Å². The molecule has 0 radical (unpaired) electrons. The Hall–Kier alpha value is -1.99. The summed E-state index contributed by atoms with van der Waals surface area (Å²) in [4.78, 5) is 28.1. The van der Waals surface area contributed by atoms with E-state index >= 15 is 0 Å². The molecule has 1 atom stereocenters. The number of halogens is 1. The van der Waals surface area contributed by atoms with Gasteiger partial charge in [0, 0.05) is 30.7 Å². The van der Waals surface area contributed by atoms with Crippen LogP contribution in [-0.4, -0.2) is 61.1 Å². The number of nitrogens with zero attached hydrogens (tertiary/aromatic N) is 1. The van der Waals surface area contributed by atoms with Crippen LogP contribution in [0.4, 0.5) is 4.39 Å². The van der Waals surface area contributed by atoms with Gasteiger partial charge in [-0.15, -0.1) is 0 Å². The Morgan fingerprint density at radius 2 is 1.73 bits per heavy atom. The molecule has 30 heavy (non-hydrogen) atoms. The van der Waals surface area contributed by atoms with Gasteiger partial charge in [0.15, 0.2) is 0 Å². The summed E-state index contributed by atoms with van der Waals surface area (Å²) in [5, 5.41) is 5.97. The highest BCUT2D eigenvalue weighted by Crippen LogP contribution is 2.34. The third-order valence-electron chi connectivity index (χ3n) is 6.40. The summed E-state index contributed by atoms with van der Waals surface area (Å²) >= 11 is 0. The van der Waals surface area contributed by atoms with Gasteiger partial charge in [-0.25, -0.2) is 4.39 Å². The zero-order valence-electron chi connectivity index (χ0n) is 18.1. The highest BCUT2D eigenvalue weighted by molar-refractivity contribution is 5.97. The van der Waals surface area contributed by atoms with Gasteiger partial charge in [-0.1, -0.05) is 33.1 Å². The van der Waals surface area contributed by atoms with Gasteiger partial charge in [0.2, 0.25) is 5.91 Å². The number of hydrogen-bond donors (Lipinski definition) is 2. The first kappa shape index (κ1) is 22.7. The van der Waals surface area contributed by atoms with Crippen molar-refractivity contribution < 1.29 is 18.7 Å². The molecule has 0 aromatic heterocycles. The van der Waals surface area contributed by atoms with E-state index in [9.17, 15) is 14.0 Å². The van der Waals surface area contributed by atoms with E-state index in [1.165, 1.54) is 43.5 Å². The Morgan fingerprint density at radius 1 is 1.10 bits per heavy atom. The van der Waals surface area contributed by atoms with Gasteiger partial charge in [-0.3, -0.25) is 14.5 Å². The Balaban J connectivity index is 1.64. The van der Waals surface area contributed by atoms with Crippen LogP contribution in [0.25, 0.3) is 0 Å². The van der Waals surface area contributed by atoms with Crippen molar-refractivity contribution in [2.45, 2.75) is 57.5 Å². The number of amides is 2. The lowest BCUT2D eigenvalue weighted by molar-refractivity contribution is -0.125. The Kier molecular flexibility index (Phi) is 7.83. The lowest BCUT2D eigenvalue weighted by atomic mass is 9.79. The molecule has 3 rings (SSSR count). The van der Waals surface area contributed by atoms with Gasteiger partial charge in [0.1, 0.15) is 11.9 Å². The van der Waals surface area contributed by atoms with Crippen LogP contribution in [0.15, 0.2) is 24.3 Å². The molecule has 166 valence electrons. The fraction of sp³-hybridized carbons (Fsp3) is 0.652. The molecule has 1 aliphatic heterocycles. The van der Waals surface area contributed by atoms with Crippen molar-refractivity contribution in [3.8, 4) is 0 Å². The molecule has 2 N–H and O–H groups in total. The number of carbonyl (C=O) groups excluding carboxylic acids is 2. The largest absolute Gasteiger partial charge is 0.379 e. The predicted molar refractivity (Wildman–Crippen MR) is 114 cm³/mol. The zero-order valence-corrected chi connectivity index (χ0v) is 18.1. The predicted octanol–water partition coefficient (Wildman–Crippen LogP) is 2.73. The monoisotopic (exact) mass is 419 g/mol. The smallest absolute Gasteiger partial charge is 0.251 e. The first-order valence-corrected chi connectivity index (χ1v) is 11.1. The molecule has 1 saturated carbocycles. The molecule has 1 saturated heterocycles. The summed E-state index contributed by atoms with van der Waals surface area (Å²) in [6.07, 6.45) is 5.72. The van der Waals surface area contributed by atoms with Crippen molar-refractivity contribution in [2.75, 3.05) is 32.8 Å². The standard InChI is InChI=1S/C23H34FN3O3/c1-17(2)20(26-21(28)18-6-8-19(24)9-7-18)22(29)25-16-23(10-4-3-5-11-23)27-12-14-30-15-13-27/h6-9,17,20H,3-5,10-16H2,1-2H3,(H,25,29)(H,26,28). The third kappa shape index (κ3) is 5.58. The lowest BCUT2D eigenvalue weighted by Gasteiger charge is -2.48. The summed E-state index contributed by atoms with van der Waals surface area (Å²) in [5.41, 5.74) is 0.312. The molecule has 0 bridgehead atoms. The van der Waals surface area contributed by atoms with E-state index in [1.54, 1.807) is 0 Å². The van der Waals surface area contributed by atoms with Gasteiger partial charge in [-0.05, 0) is 43.0 Å². The minimum Gasteiger partial charge on any atom is -0.379 e. The maximum absolute atomic E-state index is 13.1. The molecule has 6 nitrogen and oxygen atoms in total. The van der Waals surface area contributed by atoms with Crippen molar-refractivity contribution in [2.24, 2.45) is 5.92 Å². The highest BCUT2D eigenvalue weighted by Gasteiger charge is 2.39. The van der Waals surface area contributed by atoms with E-state index in [2.05, 4.69) is 15.5 Å². The SMILES string of the molecule is CC(C)C(NC(=O)c1ccc(F)cc1)C(=O)NCC1(N2CCOCC2)CCCCC1. The molecule has 1 aromatic carbocycles. The molecular formula is C23H34FN3O3. The second-order valence-electron chi connectivity index (χ2n) is 8.80. The van der Waals surface area contributed by atoms with Crippen LogP contribution in [0.2, 0.25) is 0 Å². The number of hydrogen-bond acceptors (Lipinski definition) is 4. The van der Waals surface area contributed by atoms with E-state index in [4.69, 9.17) is 4.74 Å². The number of benzene rings is 1. The van der Waals surface area contributed by atoms with Crippen molar-refractivity contribution in [3.05, 3.63) is 35.6 Å². The average Bonchev–Trinajstić information content (AvgIpc) is 2.77. The normalized spacial score (nSPS) is 20.5. The van der Waals surface area contributed by atoms with E-state index in [1.807, 2.05) is 13.8 Å².